The summed E-state index contributed by atoms with van der Waals surface area (Å²) in [6, 6.07) is 7.94. The highest BCUT2D eigenvalue weighted by atomic mass is 16.3. The first-order valence-corrected chi connectivity index (χ1v) is 4.42. The summed E-state index contributed by atoms with van der Waals surface area (Å²) in [6.07, 6.45) is 1.46. The molecule has 2 unspecified atom stereocenters. The van der Waals surface area contributed by atoms with Crippen LogP contribution in [0.5, 0.6) is 0 Å². The van der Waals surface area contributed by atoms with Crippen molar-refractivity contribution in [1.29, 1.82) is 0 Å². The standard InChI is InChI=1S/C10H10N2O/c13-10-8-4-2-1-3-7(8)9-11-5-6-12(9)10/h1-5,9-10,13H,6H2. The van der Waals surface area contributed by atoms with E-state index in [0.29, 0.717) is 0 Å². The Bertz CT molecular complexity index is 375. The second-order valence-corrected chi connectivity index (χ2v) is 3.40. The highest BCUT2D eigenvalue weighted by molar-refractivity contribution is 5.64. The molecule has 2 atom stereocenters. The van der Waals surface area contributed by atoms with Crippen LogP contribution in [0.15, 0.2) is 29.3 Å². The molecule has 3 rings (SSSR count). The molecule has 0 fully saturated rings. The minimum Gasteiger partial charge on any atom is -0.374 e. The Kier molecular flexibility index (Phi) is 1.34. The average molecular weight is 174 g/mol. The van der Waals surface area contributed by atoms with Gasteiger partial charge >= 0.3 is 0 Å². The van der Waals surface area contributed by atoms with E-state index in [1.807, 2.05) is 35.4 Å². The van der Waals surface area contributed by atoms with Crippen LogP contribution in [0.25, 0.3) is 0 Å². The molecule has 1 N–H and O–H groups in total. The summed E-state index contributed by atoms with van der Waals surface area (Å²) >= 11 is 0. The smallest absolute Gasteiger partial charge is 0.136 e. The van der Waals surface area contributed by atoms with Gasteiger partial charge in [0.25, 0.3) is 0 Å². The number of rotatable bonds is 0. The van der Waals surface area contributed by atoms with Crippen LogP contribution < -0.4 is 0 Å². The second kappa shape index (κ2) is 2.40. The van der Waals surface area contributed by atoms with Gasteiger partial charge in [0.2, 0.25) is 0 Å². The van der Waals surface area contributed by atoms with Gasteiger partial charge in [0.15, 0.2) is 0 Å². The molecule has 0 saturated heterocycles. The minimum absolute atomic E-state index is 0.0613. The topological polar surface area (TPSA) is 35.8 Å². The van der Waals surface area contributed by atoms with Crippen LogP contribution in [-0.4, -0.2) is 22.8 Å². The Hall–Kier alpha value is -1.19. The van der Waals surface area contributed by atoms with E-state index in [4.69, 9.17) is 0 Å². The molecule has 2 aliphatic rings. The van der Waals surface area contributed by atoms with Gasteiger partial charge in [-0.2, -0.15) is 0 Å². The highest BCUT2D eigenvalue weighted by Gasteiger charge is 2.38. The fourth-order valence-electron chi connectivity index (χ4n) is 2.08. The molecule has 1 aromatic carbocycles. The molecule has 2 aliphatic heterocycles. The molecule has 0 amide bonds. The molecule has 1 aromatic rings. The highest BCUT2D eigenvalue weighted by Crippen LogP contribution is 2.42. The molecule has 0 aliphatic carbocycles. The van der Waals surface area contributed by atoms with Crippen LogP contribution in [-0.2, 0) is 0 Å². The lowest BCUT2D eigenvalue weighted by atomic mass is 10.1. The van der Waals surface area contributed by atoms with E-state index in [2.05, 4.69) is 4.99 Å². The molecule has 2 heterocycles. The van der Waals surface area contributed by atoms with E-state index < -0.39 is 6.23 Å². The minimum atomic E-state index is -0.469. The first-order chi connectivity index (χ1) is 6.38. The van der Waals surface area contributed by atoms with Crippen LogP contribution in [0, 0.1) is 0 Å². The molecule has 13 heavy (non-hydrogen) atoms. The molecular formula is C10H10N2O. The fourth-order valence-corrected chi connectivity index (χ4v) is 2.08. The van der Waals surface area contributed by atoms with Gasteiger partial charge in [-0.1, -0.05) is 24.3 Å². The van der Waals surface area contributed by atoms with Gasteiger partial charge in [0.1, 0.15) is 12.4 Å². The van der Waals surface area contributed by atoms with Gasteiger partial charge in [-0.15, -0.1) is 0 Å². The molecule has 0 spiro atoms. The van der Waals surface area contributed by atoms with Gasteiger partial charge in [-0.3, -0.25) is 4.99 Å². The number of benzene rings is 1. The summed E-state index contributed by atoms with van der Waals surface area (Å²) in [5.41, 5.74) is 2.15. The normalized spacial score (nSPS) is 30.5. The lowest BCUT2D eigenvalue weighted by molar-refractivity contribution is 0.0132. The van der Waals surface area contributed by atoms with Gasteiger partial charge < -0.3 is 5.11 Å². The zero-order valence-electron chi connectivity index (χ0n) is 7.09. The first kappa shape index (κ1) is 7.24. The van der Waals surface area contributed by atoms with E-state index in [-0.39, 0.29) is 6.17 Å². The quantitative estimate of drug-likeness (QED) is 0.638. The number of aliphatic hydroxyl groups is 1. The predicted octanol–water partition coefficient (Wildman–Crippen LogP) is 1.08. The zero-order chi connectivity index (χ0) is 8.84. The van der Waals surface area contributed by atoms with E-state index in [9.17, 15) is 5.11 Å². The number of fused-ring (bicyclic) bond motifs is 3. The van der Waals surface area contributed by atoms with Crippen molar-refractivity contribution in [3.63, 3.8) is 0 Å². The van der Waals surface area contributed by atoms with Crippen molar-refractivity contribution >= 4 is 6.21 Å². The van der Waals surface area contributed by atoms with Crippen molar-refractivity contribution in [3.05, 3.63) is 35.4 Å². The van der Waals surface area contributed by atoms with E-state index in [1.54, 1.807) is 0 Å². The molecular weight excluding hydrogens is 164 g/mol. The molecule has 0 aromatic heterocycles. The molecule has 66 valence electrons. The van der Waals surface area contributed by atoms with E-state index in [0.717, 1.165) is 17.7 Å². The SMILES string of the molecule is OC1c2ccccc2C2N=CCN12. The molecule has 0 radical (unpaired) electrons. The molecule has 0 saturated carbocycles. The predicted molar refractivity (Wildman–Crippen MR) is 49.3 cm³/mol. The van der Waals surface area contributed by atoms with Crippen LogP contribution in [0.4, 0.5) is 0 Å². The number of hydrogen-bond donors (Lipinski definition) is 1. The van der Waals surface area contributed by atoms with Crippen LogP contribution >= 0.6 is 0 Å². The summed E-state index contributed by atoms with van der Waals surface area (Å²) in [6.45, 7) is 0.751. The average Bonchev–Trinajstić information content (AvgIpc) is 2.72. The van der Waals surface area contributed by atoms with Crippen LogP contribution in [0.2, 0.25) is 0 Å². The first-order valence-electron chi connectivity index (χ1n) is 4.42. The summed E-state index contributed by atoms with van der Waals surface area (Å²) in [5.74, 6) is 0. The number of aliphatic imine (C=N–C) groups is 1. The Labute approximate surface area is 76.3 Å². The third-order valence-electron chi connectivity index (χ3n) is 2.72. The van der Waals surface area contributed by atoms with Crippen molar-refractivity contribution in [2.45, 2.75) is 12.4 Å². The van der Waals surface area contributed by atoms with E-state index in [1.165, 1.54) is 0 Å². The fraction of sp³-hybridized carbons (Fsp3) is 0.300. The largest absolute Gasteiger partial charge is 0.374 e. The maximum absolute atomic E-state index is 9.90. The summed E-state index contributed by atoms with van der Waals surface area (Å²) in [5, 5.41) is 9.90. The number of nitrogens with zero attached hydrogens (tertiary/aromatic N) is 2. The van der Waals surface area contributed by atoms with Gasteiger partial charge in [-0.05, 0) is 5.56 Å². The Balaban J connectivity index is 2.18. The van der Waals surface area contributed by atoms with E-state index >= 15 is 0 Å². The third kappa shape index (κ3) is 0.829. The van der Waals surface area contributed by atoms with Crippen molar-refractivity contribution in [2.24, 2.45) is 4.99 Å². The summed E-state index contributed by atoms with van der Waals surface area (Å²) in [4.78, 5) is 6.31. The lowest BCUT2D eigenvalue weighted by Gasteiger charge is -2.17. The van der Waals surface area contributed by atoms with Gasteiger partial charge in [-0.25, -0.2) is 4.90 Å². The third-order valence-corrected chi connectivity index (χ3v) is 2.72. The van der Waals surface area contributed by atoms with Crippen LogP contribution in [0.1, 0.15) is 23.5 Å². The van der Waals surface area contributed by atoms with Gasteiger partial charge in [0, 0.05) is 18.3 Å². The summed E-state index contributed by atoms with van der Waals surface area (Å²) < 4.78 is 0. The van der Waals surface area contributed by atoms with Crippen molar-refractivity contribution < 1.29 is 5.11 Å². The zero-order valence-corrected chi connectivity index (χ0v) is 7.09. The Morgan fingerprint density at radius 1 is 1.31 bits per heavy atom. The van der Waals surface area contributed by atoms with Crippen molar-refractivity contribution in [3.8, 4) is 0 Å². The lowest BCUT2D eigenvalue weighted by Crippen LogP contribution is -2.22. The number of hydrogen-bond acceptors (Lipinski definition) is 3. The maximum atomic E-state index is 9.90. The molecule has 3 heteroatoms. The summed E-state index contributed by atoms with van der Waals surface area (Å²) in [7, 11) is 0. The second-order valence-electron chi connectivity index (χ2n) is 3.40. The maximum Gasteiger partial charge on any atom is 0.136 e. The molecule has 3 nitrogen and oxygen atoms in total. The van der Waals surface area contributed by atoms with Crippen molar-refractivity contribution in [2.75, 3.05) is 6.54 Å². The Morgan fingerprint density at radius 3 is 2.92 bits per heavy atom. The Morgan fingerprint density at radius 2 is 2.08 bits per heavy atom. The van der Waals surface area contributed by atoms with Crippen molar-refractivity contribution in [1.82, 2.24) is 4.90 Å². The number of aliphatic hydroxyl groups excluding tert-OH is 1. The van der Waals surface area contributed by atoms with Gasteiger partial charge in [0.05, 0.1) is 0 Å². The van der Waals surface area contributed by atoms with Crippen LogP contribution in [0.3, 0.4) is 0 Å². The monoisotopic (exact) mass is 174 g/mol. The molecule has 0 bridgehead atoms.